The summed E-state index contributed by atoms with van der Waals surface area (Å²) in [6.07, 6.45) is -0.121. The number of nitrogens with one attached hydrogen (secondary N) is 3. The van der Waals surface area contributed by atoms with Crippen LogP contribution in [-0.4, -0.2) is 61.6 Å². The van der Waals surface area contributed by atoms with E-state index >= 15 is 0 Å². The molecule has 212 valence electrons. The topological polar surface area (TPSA) is 192 Å². The Hall–Kier alpha value is -5.05. The van der Waals surface area contributed by atoms with Gasteiger partial charge in [-0.15, -0.1) is 0 Å². The van der Waals surface area contributed by atoms with E-state index in [1.807, 2.05) is 0 Å². The Morgan fingerprint density at radius 3 is 2.73 bits per heavy atom. The maximum absolute atomic E-state index is 12.4. The third-order valence-electron chi connectivity index (χ3n) is 5.82. The van der Waals surface area contributed by atoms with E-state index < -0.39 is 29.2 Å². The molecule has 40 heavy (non-hydrogen) atoms. The maximum Gasteiger partial charge on any atom is 0.337 e. The zero-order chi connectivity index (χ0) is 28.8. The van der Waals surface area contributed by atoms with E-state index in [1.54, 1.807) is 32.0 Å². The first kappa shape index (κ1) is 28.0. The van der Waals surface area contributed by atoms with Crippen LogP contribution in [0.15, 0.2) is 46.7 Å². The number of carbonyl (C=O) groups is 2. The van der Waals surface area contributed by atoms with Crippen LogP contribution in [0.2, 0.25) is 0 Å². The highest BCUT2D eigenvalue weighted by Gasteiger charge is 2.32. The van der Waals surface area contributed by atoms with Crippen molar-refractivity contribution in [2.75, 3.05) is 27.1 Å². The molecule has 4 N–H and O–H groups in total. The summed E-state index contributed by atoms with van der Waals surface area (Å²) in [7, 11) is 1.25. The van der Waals surface area contributed by atoms with Gasteiger partial charge < -0.3 is 39.4 Å². The molecular formula is C25H27N5O10. The van der Waals surface area contributed by atoms with Gasteiger partial charge in [-0.05, 0) is 37.6 Å². The van der Waals surface area contributed by atoms with E-state index in [2.05, 4.69) is 21.2 Å². The Kier molecular flexibility index (Phi) is 8.54. The molecule has 0 bridgehead atoms. The van der Waals surface area contributed by atoms with Crippen LogP contribution in [0.5, 0.6) is 23.0 Å². The number of amides is 2. The number of rotatable bonds is 11. The number of nitro groups is 1. The molecule has 4 rings (SSSR count). The summed E-state index contributed by atoms with van der Waals surface area (Å²) in [6.45, 7) is 3.35. The minimum atomic E-state index is -1.29. The average Bonchev–Trinajstić information content (AvgIpc) is 3.38. The Balaban J connectivity index is 1.45. The number of allylic oxidation sites excluding steroid dienone is 1. The van der Waals surface area contributed by atoms with Gasteiger partial charge in [-0.3, -0.25) is 15.5 Å². The van der Waals surface area contributed by atoms with Crippen molar-refractivity contribution in [2.45, 2.75) is 26.1 Å². The first-order valence-electron chi connectivity index (χ1n) is 12.0. The standard InChI is InChI=1S/C25H27N5O10/c1-4-37-18-7-14(23-22(24(32)36-3)13(2)27-25(33)28-23)5-6-17(18)38-11-21(31)29-26-10-15-8-19-20(40-12-39-19)9-16(15)30(34)35/h5-10,21,23,29,31H,4,11-12H2,1-3H3,(H2,27,28,33)/b26-10+/t21-,23-/m1/s1. The van der Waals surface area contributed by atoms with Crippen molar-refractivity contribution >= 4 is 23.9 Å². The van der Waals surface area contributed by atoms with Gasteiger partial charge in [0.05, 0.1) is 48.1 Å². The number of aliphatic hydroxyl groups is 1. The van der Waals surface area contributed by atoms with Gasteiger partial charge in [0.2, 0.25) is 6.79 Å². The summed E-state index contributed by atoms with van der Waals surface area (Å²) < 4.78 is 26.7. The first-order valence-corrected chi connectivity index (χ1v) is 12.0. The molecule has 2 aromatic carbocycles. The van der Waals surface area contributed by atoms with Crippen molar-refractivity contribution < 1.29 is 43.3 Å². The largest absolute Gasteiger partial charge is 0.490 e. The van der Waals surface area contributed by atoms with Gasteiger partial charge in [0.15, 0.2) is 29.2 Å². The number of urea groups is 1. The quantitative estimate of drug-likeness (QED) is 0.104. The number of hydrazone groups is 1. The fraction of sp³-hybridized carbons (Fsp3) is 0.320. The average molecular weight is 558 g/mol. The first-order chi connectivity index (χ1) is 19.2. The van der Waals surface area contributed by atoms with Gasteiger partial charge in [-0.25, -0.2) is 9.59 Å². The van der Waals surface area contributed by atoms with E-state index in [-0.39, 0.29) is 48.3 Å². The summed E-state index contributed by atoms with van der Waals surface area (Å²) in [5, 5.41) is 30.8. The van der Waals surface area contributed by atoms with Crippen molar-refractivity contribution in [1.82, 2.24) is 16.1 Å². The summed E-state index contributed by atoms with van der Waals surface area (Å²) in [6, 6.07) is 6.21. The molecule has 2 heterocycles. The van der Waals surface area contributed by atoms with Crippen LogP contribution in [0, 0.1) is 10.1 Å². The molecule has 0 radical (unpaired) electrons. The molecule has 0 saturated carbocycles. The van der Waals surface area contributed by atoms with Crippen LogP contribution in [0.3, 0.4) is 0 Å². The second-order valence-corrected chi connectivity index (χ2v) is 8.44. The van der Waals surface area contributed by atoms with Crippen LogP contribution >= 0.6 is 0 Å². The number of aliphatic hydroxyl groups excluding tert-OH is 1. The summed E-state index contributed by atoms with van der Waals surface area (Å²) in [5.74, 6) is 0.589. The fourth-order valence-electron chi connectivity index (χ4n) is 4.02. The highest BCUT2D eigenvalue weighted by Crippen LogP contribution is 2.37. The SMILES string of the molecule is CCOc1cc([C@H]2NC(=O)NC(C)=C2C(=O)OC)ccc1OC[C@@H](O)N/N=C/c1cc2c(cc1[N+](=O)[O-])OCO2. The minimum absolute atomic E-state index is 0.0403. The number of hydrogen-bond donors (Lipinski definition) is 4. The van der Waals surface area contributed by atoms with Crippen LogP contribution in [0.4, 0.5) is 10.5 Å². The molecule has 2 aliphatic heterocycles. The fourth-order valence-corrected chi connectivity index (χ4v) is 4.02. The van der Waals surface area contributed by atoms with Crippen molar-refractivity contribution in [3.63, 3.8) is 0 Å². The number of esters is 1. The van der Waals surface area contributed by atoms with E-state index in [1.165, 1.54) is 25.5 Å². The molecule has 0 saturated heterocycles. The molecule has 2 atom stereocenters. The molecule has 0 unspecified atom stereocenters. The zero-order valence-electron chi connectivity index (χ0n) is 21.8. The number of fused-ring (bicyclic) bond motifs is 1. The number of methoxy groups -OCH3 is 1. The van der Waals surface area contributed by atoms with Crippen LogP contribution in [0.1, 0.15) is 31.0 Å². The summed E-state index contributed by atoms with van der Waals surface area (Å²) in [4.78, 5) is 35.3. The molecule has 0 spiro atoms. The van der Waals surface area contributed by atoms with Gasteiger partial charge in [-0.1, -0.05) is 6.07 Å². The summed E-state index contributed by atoms with van der Waals surface area (Å²) >= 11 is 0. The molecule has 2 aliphatic rings. The van der Waals surface area contributed by atoms with Crippen molar-refractivity contribution in [2.24, 2.45) is 5.10 Å². The normalized spacial score (nSPS) is 16.7. The molecule has 0 aromatic heterocycles. The molecule has 15 nitrogen and oxygen atoms in total. The van der Waals surface area contributed by atoms with E-state index in [0.717, 1.165) is 0 Å². The minimum Gasteiger partial charge on any atom is -0.490 e. The smallest absolute Gasteiger partial charge is 0.337 e. The van der Waals surface area contributed by atoms with Crippen molar-refractivity contribution in [3.05, 3.63) is 62.8 Å². The van der Waals surface area contributed by atoms with E-state index in [0.29, 0.717) is 22.8 Å². The number of benzene rings is 2. The van der Waals surface area contributed by atoms with E-state index in [4.69, 9.17) is 23.7 Å². The van der Waals surface area contributed by atoms with E-state index in [9.17, 15) is 24.8 Å². The van der Waals surface area contributed by atoms with Crippen molar-refractivity contribution in [3.8, 4) is 23.0 Å². The lowest BCUT2D eigenvalue weighted by Gasteiger charge is -2.28. The number of hydrogen-bond acceptors (Lipinski definition) is 12. The van der Waals surface area contributed by atoms with Gasteiger partial charge in [0.1, 0.15) is 6.61 Å². The van der Waals surface area contributed by atoms with Gasteiger partial charge in [-0.2, -0.15) is 5.10 Å². The Labute approximate surface area is 227 Å². The predicted molar refractivity (Wildman–Crippen MR) is 138 cm³/mol. The Morgan fingerprint density at radius 1 is 1.27 bits per heavy atom. The van der Waals surface area contributed by atoms with Gasteiger partial charge in [0.25, 0.3) is 5.69 Å². The number of ether oxygens (including phenoxy) is 5. The zero-order valence-corrected chi connectivity index (χ0v) is 21.8. The number of carbonyl (C=O) groups excluding carboxylic acids is 2. The highest BCUT2D eigenvalue weighted by molar-refractivity contribution is 5.95. The van der Waals surface area contributed by atoms with Crippen molar-refractivity contribution in [1.29, 1.82) is 0 Å². The second kappa shape index (κ2) is 12.2. The van der Waals surface area contributed by atoms with Crippen LogP contribution < -0.4 is 35.0 Å². The molecule has 15 heteroatoms. The lowest BCUT2D eigenvalue weighted by atomic mass is 9.95. The van der Waals surface area contributed by atoms with Gasteiger partial charge in [0, 0.05) is 5.70 Å². The molecular weight excluding hydrogens is 530 g/mol. The molecule has 2 aromatic rings. The number of nitro benzene ring substituents is 1. The highest BCUT2D eigenvalue weighted by atomic mass is 16.7. The third-order valence-corrected chi connectivity index (χ3v) is 5.82. The van der Waals surface area contributed by atoms with Gasteiger partial charge >= 0.3 is 12.0 Å². The van der Waals surface area contributed by atoms with Crippen LogP contribution in [-0.2, 0) is 9.53 Å². The lowest BCUT2D eigenvalue weighted by Crippen LogP contribution is -2.45. The lowest BCUT2D eigenvalue weighted by molar-refractivity contribution is -0.385. The molecule has 0 aliphatic carbocycles. The Bertz CT molecular complexity index is 1380. The number of nitrogens with zero attached hydrogens (tertiary/aromatic N) is 2. The second-order valence-electron chi connectivity index (χ2n) is 8.44. The summed E-state index contributed by atoms with van der Waals surface area (Å²) in [5.41, 5.74) is 3.47. The predicted octanol–water partition coefficient (Wildman–Crippen LogP) is 1.84. The molecule has 2 amide bonds. The molecule has 0 fully saturated rings. The monoisotopic (exact) mass is 557 g/mol. The maximum atomic E-state index is 12.4. The Morgan fingerprint density at radius 2 is 2.02 bits per heavy atom. The third kappa shape index (κ3) is 6.15. The van der Waals surface area contributed by atoms with Crippen LogP contribution in [0.25, 0.3) is 0 Å².